The number of nitrogens with zero attached hydrogens (tertiary/aromatic N) is 2. The molecule has 0 bridgehead atoms. The lowest BCUT2D eigenvalue weighted by molar-refractivity contribution is -0.384. The normalized spacial score (nSPS) is 15.8. The van der Waals surface area contributed by atoms with Crippen LogP contribution in [0.1, 0.15) is 18.4 Å². The number of anilines is 1. The molecule has 1 fully saturated rings. The molecule has 1 N–H and O–H groups in total. The predicted octanol–water partition coefficient (Wildman–Crippen LogP) is 3.43. The van der Waals surface area contributed by atoms with E-state index in [1.54, 1.807) is 24.3 Å². The molecule has 0 saturated carbocycles. The number of nitro groups is 1. The fraction of sp³-hybridized carbons (Fsp3) is 0.316. The summed E-state index contributed by atoms with van der Waals surface area (Å²) in [5, 5.41) is 13.7. The number of amides is 1. The van der Waals surface area contributed by atoms with Gasteiger partial charge in [0, 0.05) is 31.1 Å². The minimum absolute atomic E-state index is 0.0754. The van der Waals surface area contributed by atoms with Gasteiger partial charge in [-0.05, 0) is 24.5 Å². The molecule has 1 aliphatic heterocycles. The van der Waals surface area contributed by atoms with Gasteiger partial charge >= 0.3 is 0 Å². The van der Waals surface area contributed by atoms with Gasteiger partial charge in [0.15, 0.2) is 0 Å². The quantitative estimate of drug-likeness (QED) is 0.550. The van der Waals surface area contributed by atoms with E-state index < -0.39 is 20.9 Å². The molecule has 8 nitrogen and oxygen atoms in total. The number of piperidine rings is 1. The van der Waals surface area contributed by atoms with Gasteiger partial charge in [0.2, 0.25) is 15.9 Å². The lowest BCUT2D eigenvalue weighted by Crippen LogP contribution is -2.41. The van der Waals surface area contributed by atoms with Gasteiger partial charge in [-0.1, -0.05) is 41.9 Å². The highest BCUT2D eigenvalue weighted by Gasteiger charge is 2.31. The first-order valence-electron chi connectivity index (χ1n) is 9.03. The molecule has 29 heavy (non-hydrogen) atoms. The van der Waals surface area contributed by atoms with Crippen LogP contribution < -0.4 is 5.32 Å². The monoisotopic (exact) mass is 437 g/mol. The summed E-state index contributed by atoms with van der Waals surface area (Å²) in [6.07, 6.45) is 0.735. The van der Waals surface area contributed by atoms with Crippen molar-refractivity contribution in [3.63, 3.8) is 0 Å². The summed E-state index contributed by atoms with van der Waals surface area (Å²) in [6, 6.07) is 12.8. The fourth-order valence-electron chi connectivity index (χ4n) is 3.23. The van der Waals surface area contributed by atoms with Crippen molar-refractivity contribution in [1.29, 1.82) is 0 Å². The average molecular weight is 438 g/mol. The van der Waals surface area contributed by atoms with Crippen molar-refractivity contribution in [2.75, 3.05) is 18.4 Å². The summed E-state index contributed by atoms with van der Waals surface area (Å²) in [5.74, 6) is -0.797. The van der Waals surface area contributed by atoms with Crippen LogP contribution in [-0.2, 0) is 20.6 Å². The minimum atomic E-state index is -3.46. The van der Waals surface area contributed by atoms with Crippen LogP contribution in [0.4, 0.5) is 11.4 Å². The Kier molecular flexibility index (Phi) is 6.51. The minimum Gasteiger partial charge on any atom is -0.324 e. The maximum atomic E-state index is 12.6. The van der Waals surface area contributed by atoms with Crippen LogP contribution >= 0.6 is 11.6 Å². The zero-order chi connectivity index (χ0) is 21.0. The van der Waals surface area contributed by atoms with Gasteiger partial charge < -0.3 is 5.32 Å². The Balaban J connectivity index is 1.60. The molecular formula is C19H20ClN3O5S. The Morgan fingerprint density at radius 1 is 1.17 bits per heavy atom. The van der Waals surface area contributed by atoms with E-state index >= 15 is 0 Å². The second-order valence-corrected chi connectivity index (χ2v) is 9.20. The molecule has 0 spiro atoms. The van der Waals surface area contributed by atoms with E-state index in [0.717, 1.165) is 0 Å². The van der Waals surface area contributed by atoms with E-state index in [0.29, 0.717) is 18.4 Å². The molecule has 2 aromatic rings. The number of non-ortho nitro benzene ring substituents is 1. The lowest BCUT2D eigenvalue weighted by Gasteiger charge is -2.30. The molecular weight excluding hydrogens is 418 g/mol. The van der Waals surface area contributed by atoms with Gasteiger partial charge in [-0.2, -0.15) is 0 Å². The number of nitro benzene ring substituents is 1. The van der Waals surface area contributed by atoms with Crippen molar-refractivity contribution in [3.05, 3.63) is 69.2 Å². The van der Waals surface area contributed by atoms with Gasteiger partial charge in [-0.3, -0.25) is 14.9 Å². The van der Waals surface area contributed by atoms with Crippen LogP contribution in [0.5, 0.6) is 0 Å². The summed E-state index contributed by atoms with van der Waals surface area (Å²) in [6.45, 7) is 0.492. The van der Waals surface area contributed by atoms with Gasteiger partial charge in [-0.15, -0.1) is 0 Å². The maximum Gasteiger partial charge on any atom is 0.271 e. The van der Waals surface area contributed by atoms with E-state index in [1.165, 1.54) is 22.5 Å². The van der Waals surface area contributed by atoms with Crippen molar-refractivity contribution in [2.24, 2.45) is 5.92 Å². The number of benzene rings is 2. The second kappa shape index (κ2) is 8.89. The molecule has 1 saturated heterocycles. The van der Waals surface area contributed by atoms with Crippen molar-refractivity contribution in [2.45, 2.75) is 18.6 Å². The van der Waals surface area contributed by atoms with Crippen LogP contribution in [0.15, 0.2) is 48.5 Å². The van der Waals surface area contributed by atoms with Crippen molar-refractivity contribution in [3.8, 4) is 0 Å². The standard InChI is InChI=1S/C19H20ClN3O5S/c20-17-7-6-16(23(25)26)12-18(17)21-19(24)15-8-10-22(11-9-15)29(27,28)13-14-4-2-1-3-5-14/h1-7,12,15H,8-11,13H2,(H,21,24). The summed E-state index contributed by atoms with van der Waals surface area (Å²) in [4.78, 5) is 22.9. The van der Waals surface area contributed by atoms with E-state index in [4.69, 9.17) is 11.6 Å². The van der Waals surface area contributed by atoms with Crippen molar-refractivity contribution in [1.82, 2.24) is 4.31 Å². The van der Waals surface area contributed by atoms with E-state index in [1.807, 2.05) is 6.07 Å². The van der Waals surface area contributed by atoms with Crippen molar-refractivity contribution >= 4 is 38.9 Å². The van der Waals surface area contributed by atoms with Gasteiger partial charge in [-0.25, -0.2) is 12.7 Å². The highest BCUT2D eigenvalue weighted by molar-refractivity contribution is 7.88. The Morgan fingerprint density at radius 3 is 2.45 bits per heavy atom. The number of carbonyl (C=O) groups excluding carboxylic acids is 1. The first kappa shape index (κ1) is 21.2. The van der Waals surface area contributed by atoms with Crippen LogP contribution in [0.3, 0.4) is 0 Å². The van der Waals surface area contributed by atoms with Crippen LogP contribution in [0.25, 0.3) is 0 Å². The first-order valence-corrected chi connectivity index (χ1v) is 11.0. The third kappa shape index (κ3) is 5.31. The summed E-state index contributed by atoms with van der Waals surface area (Å²) in [5.41, 5.74) is 0.712. The topological polar surface area (TPSA) is 110 Å². The van der Waals surface area contributed by atoms with Crippen molar-refractivity contribution < 1.29 is 18.1 Å². The zero-order valence-corrected chi connectivity index (χ0v) is 17.0. The predicted molar refractivity (Wildman–Crippen MR) is 110 cm³/mol. The molecule has 0 radical (unpaired) electrons. The third-order valence-corrected chi connectivity index (χ3v) is 7.01. The smallest absolute Gasteiger partial charge is 0.271 e. The number of hydrogen-bond donors (Lipinski definition) is 1. The van der Waals surface area contributed by atoms with Crippen LogP contribution in [-0.4, -0.2) is 36.6 Å². The van der Waals surface area contributed by atoms with Gasteiger partial charge in [0.1, 0.15) is 0 Å². The van der Waals surface area contributed by atoms with E-state index in [2.05, 4.69) is 5.32 Å². The largest absolute Gasteiger partial charge is 0.324 e. The van der Waals surface area contributed by atoms with Crippen LogP contribution in [0, 0.1) is 16.0 Å². The number of rotatable bonds is 6. The molecule has 154 valence electrons. The summed E-state index contributed by atoms with van der Waals surface area (Å²) < 4.78 is 26.6. The Bertz CT molecular complexity index is 1010. The van der Waals surface area contributed by atoms with Gasteiger partial charge in [0.05, 0.1) is 21.4 Å². The molecule has 0 aliphatic carbocycles. The molecule has 0 unspecified atom stereocenters. The summed E-state index contributed by atoms with van der Waals surface area (Å²) in [7, 11) is -3.46. The second-order valence-electron chi connectivity index (χ2n) is 6.83. The highest BCUT2D eigenvalue weighted by Crippen LogP contribution is 2.29. The summed E-state index contributed by atoms with van der Waals surface area (Å²) >= 11 is 6.02. The molecule has 1 heterocycles. The molecule has 1 aliphatic rings. The number of nitrogens with one attached hydrogen (secondary N) is 1. The Morgan fingerprint density at radius 2 is 1.83 bits per heavy atom. The number of hydrogen-bond acceptors (Lipinski definition) is 5. The Hall–Kier alpha value is -2.49. The SMILES string of the molecule is O=C(Nc1cc([N+](=O)[O-])ccc1Cl)C1CCN(S(=O)(=O)Cc2ccccc2)CC1. The number of halogens is 1. The maximum absolute atomic E-state index is 12.6. The molecule has 1 amide bonds. The van der Waals surface area contributed by atoms with Gasteiger partial charge in [0.25, 0.3) is 5.69 Å². The number of sulfonamides is 1. The molecule has 10 heteroatoms. The third-order valence-electron chi connectivity index (χ3n) is 4.83. The van der Waals surface area contributed by atoms with E-state index in [9.17, 15) is 23.3 Å². The molecule has 2 aromatic carbocycles. The Labute approximate surface area is 173 Å². The van der Waals surface area contributed by atoms with E-state index in [-0.39, 0.29) is 41.1 Å². The molecule has 0 atom stereocenters. The molecule has 0 aromatic heterocycles. The highest BCUT2D eigenvalue weighted by atomic mass is 35.5. The molecule has 3 rings (SSSR count). The fourth-order valence-corrected chi connectivity index (χ4v) is 4.96. The zero-order valence-electron chi connectivity index (χ0n) is 15.5. The lowest BCUT2D eigenvalue weighted by atomic mass is 9.97. The first-order chi connectivity index (χ1) is 13.8. The number of carbonyl (C=O) groups is 1. The van der Waals surface area contributed by atoms with Crippen LogP contribution in [0.2, 0.25) is 5.02 Å². The average Bonchev–Trinajstić information content (AvgIpc) is 2.70.